The molecule has 0 aliphatic carbocycles. The van der Waals surface area contributed by atoms with Crippen LogP contribution in [0.3, 0.4) is 0 Å². The molecular weight excluding hydrogens is 306 g/mol. The van der Waals surface area contributed by atoms with Gasteiger partial charge in [0, 0.05) is 6.54 Å². The predicted octanol–water partition coefficient (Wildman–Crippen LogP) is 3.42. The molecular formula is C19H37NO4. The third-order valence-corrected chi connectivity index (χ3v) is 4.36. The first-order chi connectivity index (χ1) is 11.7. The molecule has 0 aliphatic rings. The topological polar surface area (TPSA) is 77.8 Å². The molecule has 24 heavy (non-hydrogen) atoms. The van der Waals surface area contributed by atoms with Crippen LogP contribution in [-0.4, -0.2) is 46.7 Å². The Hall–Kier alpha value is -0.940. The molecule has 0 heterocycles. The van der Waals surface area contributed by atoms with Crippen LogP contribution in [0.15, 0.2) is 0 Å². The highest BCUT2D eigenvalue weighted by Gasteiger charge is 2.18. The molecule has 0 bridgehead atoms. The molecule has 0 saturated heterocycles. The van der Waals surface area contributed by atoms with Crippen LogP contribution in [0, 0.1) is 0 Å². The van der Waals surface area contributed by atoms with Gasteiger partial charge >= 0.3 is 0 Å². The Morgan fingerprint density at radius 1 is 0.625 bits per heavy atom. The van der Waals surface area contributed by atoms with Crippen LogP contribution >= 0.6 is 0 Å². The van der Waals surface area contributed by atoms with E-state index in [0.29, 0.717) is 0 Å². The number of hydrogen-bond acceptors (Lipinski definition) is 4. The SMILES string of the molecule is CCCCCCCCCCCCCCCN(C(=O)CO)C(=O)CO. The van der Waals surface area contributed by atoms with Crippen molar-refractivity contribution in [1.82, 2.24) is 4.90 Å². The van der Waals surface area contributed by atoms with Gasteiger partial charge in [-0.3, -0.25) is 14.5 Å². The highest BCUT2D eigenvalue weighted by atomic mass is 16.3. The molecule has 0 rings (SSSR count). The lowest BCUT2D eigenvalue weighted by Crippen LogP contribution is -2.41. The van der Waals surface area contributed by atoms with Gasteiger partial charge in [-0.2, -0.15) is 0 Å². The normalized spacial score (nSPS) is 10.8. The number of amides is 2. The highest BCUT2D eigenvalue weighted by Crippen LogP contribution is 2.12. The van der Waals surface area contributed by atoms with Crippen molar-refractivity contribution in [3.63, 3.8) is 0 Å². The largest absolute Gasteiger partial charge is 0.387 e. The number of nitrogens with zero attached hydrogens (tertiary/aromatic N) is 1. The summed E-state index contributed by atoms with van der Waals surface area (Å²) in [4.78, 5) is 23.8. The van der Waals surface area contributed by atoms with Gasteiger partial charge in [-0.25, -0.2) is 0 Å². The lowest BCUT2D eigenvalue weighted by atomic mass is 10.0. The van der Waals surface area contributed by atoms with E-state index >= 15 is 0 Å². The molecule has 2 amide bonds. The molecule has 0 saturated carbocycles. The molecule has 0 atom stereocenters. The van der Waals surface area contributed by atoms with Gasteiger partial charge < -0.3 is 10.2 Å². The van der Waals surface area contributed by atoms with Gasteiger partial charge in [-0.05, 0) is 6.42 Å². The van der Waals surface area contributed by atoms with Gasteiger partial charge in [0.15, 0.2) is 0 Å². The number of rotatable bonds is 16. The summed E-state index contributed by atoms with van der Waals surface area (Å²) in [5, 5.41) is 17.7. The van der Waals surface area contributed by atoms with E-state index in [1.165, 1.54) is 64.2 Å². The summed E-state index contributed by atoms with van der Waals surface area (Å²) < 4.78 is 0. The monoisotopic (exact) mass is 343 g/mol. The summed E-state index contributed by atoms with van der Waals surface area (Å²) in [7, 11) is 0. The molecule has 5 heteroatoms. The van der Waals surface area contributed by atoms with Crippen molar-refractivity contribution in [3.05, 3.63) is 0 Å². The van der Waals surface area contributed by atoms with Crippen LogP contribution in [-0.2, 0) is 9.59 Å². The standard InChI is InChI=1S/C19H37NO4/c1-2-3-4-5-6-7-8-9-10-11-12-13-14-15-20(18(23)16-21)19(24)17-22/h21-22H,2-17H2,1H3. The fourth-order valence-corrected chi connectivity index (χ4v) is 2.85. The maximum atomic E-state index is 11.4. The Morgan fingerprint density at radius 2 is 0.958 bits per heavy atom. The van der Waals surface area contributed by atoms with E-state index in [9.17, 15) is 9.59 Å². The van der Waals surface area contributed by atoms with E-state index in [1.807, 2.05) is 0 Å². The van der Waals surface area contributed by atoms with E-state index in [-0.39, 0.29) is 6.54 Å². The number of hydrogen-bond donors (Lipinski definition) is 2. The van der Waals surface area contributed by atoms with Gasteiger partial charge in [-0.1, -0.05) is 84.0 Å². The van der Waals surface area contributed by atoms with Crippen LogP contribution in [0.1, 0.15) is 90.4 Å². The van der Waals surface area contributed by atoms with Crippen LogP contribution < -0.4 is 0 Å². The van der Waals surface area contributed by atoms with E-state index in [4.69, 9.17) is 10.2 Å². The van der Waals surface area contributed by atoms with Gasteiger partial charge in [0.1, 0.15) is 13.2 Å². The molecule has 142 valence electrons. The van der Waals surface area contributed by atoms with Crippen LogP contribution in [0.25, 0.3) is 0 Å². The maximum Gasteiger partial charge on any atom is 0.254 e. The minimum atomic E-state index is -0.690. The second-order valence-corrected chi connectivity index (χ2v) is 6.50. The van der Waals surface area contributed by atoms with Crippen molar-refractivity contribution in [2.24, 2.45) is 0 Å². The first-order valence-electron chi connectivity index (χ1n) is 9.72. The van der Waals surface area contributed by atoms with Gasteiger partial charge in [0.25, 0.3) is 11.8 Å². The summed E-state index contributed by atoms with van der Waals surface area (Å²) in [5.41, 5.74) is 0. The summed E-state index contributed by atoms with van der Waals surface area (Å²) in [5.74, 6) is -1.26. The zero-order chi connectivity index (χ0) is 18.0. The summed E-state index contributed by atoms with van der Waals surface area (Å²) in [6.07, 6.45) is 16.0. The quantitative estimate of drug-likeness (QED) is 0.421. The van der Waals surface area contributed by atoms with Gasteiger partial charge in [0.05, 0.1) is 0 Å². The maximum absolute atomic E-state index is 11.4. The molecule has 5 nitrogen and oxygen atoms in total. The zero-order valence-corrected chi connectivity index (χ0v) is 15.5. The average molecular weight is 344 g/mol. The molecule has 0 aromatic rings. The Morgan fingerprint density at radius 3 is 1.29 bits per heavy atom. The Kier molecular flexibility index (Phi) is 16.2. The third-order valence-electron chi connectivity index (χ3n) is 4.36. The number of carbonyl (C=O) groups excluding carboxylic acids is 2. The van der Waals surface area contributed by atoms with Crippen LogP contribution in [0.4, 0.5) is 0 Å². The molecule has 0 spiro atoms. The Bertz CT molecular complexity index is 304. The van der Waals surface area contributed by atoms with Crippen molar-refractivity contribution in [2.45, 2.75) is 90.4 Å². The van der Waals surface area contributed by atoms with Crippen molar-refractivity contribution < 1.29 is 19.8 Å². The first-order valence-corrected chi connectivity index (χ1v) is 9.72. The molecule has 0 fully saturated rings. The van der Waals surface area contributed by atoms with E-state index in [0.717, 1.165) is 24.2 Å². The highest BCUT2D eigenvalue weighted by molar-refractivity contribution is 5.96. The van der Waals surface area contributed by atoms with Gasteiger partial charge in [-0.15, -0.1) is 0 Å². The Labute approximate surface area is 147 Å². The number of unbranched alkanes of at least 4 members (excludes halogenated alkanes) is 12. The number of carbonyl (C=O) groups is 2. The van der Waals surface area contributed by atoms with Crippen molar-refractivity contribution in [3.8, 4) is 0 Å². The predicted molar refractivity (Wildman–Crippen MR) is 96.6 cm³/mol. The molecule has 2 N–H and O–H groups in total. The van der Waals surface area contributed by atoms with Crippen molar-refractivity contribution in [1.29, 1.82) is 0 Å². The number of imide groups is 1. The third kappa shape index (κ3) is 12.5. The molecule has 0 radical (unpaired) electrons. The summed E-state index contributed by atoms with van der Waals surface area (Å²) >= 11 is 0. The summed E-state index contributed by atoms with van der Waals surface area (Å²) in [6, 6.07) is 0. The minimum Gasteiger partial charge on any atom is -0.387 e. The number of aliphatic hydroxyl groups excluding tert-OH is 2. The Balaban J connectivity index is 3.46. The lowest BCUT2D eigenvalue weighted by Gasteiger charge is -2.18. The molecule has 0 aromatic carbocycles. The van der Waals surface area contributed by atoms with Gasteiger partial charge in [0.2, 0.25) is 0 Å². The fourth-order valence-electron chi connectivity index (χ4n) is 2.85. The van der Waals surface area contributed by atoms with E-state index < -0.39 is 25.0 Å². The number of aliphatic hydroxyl groups is 2. The zero-order valence-electron chi connectivity index (χ0n) is 15.5. The van der Waals surface area contributed by atoms with Crippen LogP contribution in [0.2, 0.25) is 0 Å². The minimum absolute atomic E-state index is 0.288. The second-order valence-electron chi connectivity index (χ2n) is 6.50. The molecule has 0 aliphatic heterocycles. The summed E-state index contributed by atoms with van der Waals surface area (Å²) in [6.45, 7) is 1.15. The molecule has 0 unspecified atom stereocenters. The fraction of sp³-hybridized carbons (Fsp3) is 0.895. The lowest BCUT2D eigenvalue weighted by molar-refractivity contribution is -0.148. The molecule has 0 aromatic heterocycles. The smallest absolute Gasteiger partial charge is 0.254 e. The van der Waals surface area contributed by atoms with E-state index in [2.05, 4.69) is 6.92 Å². The van der Waals surface area contributed by atoms with Crippen molar-refractivity contribution >= 4 is 11.8 Å². The van der Waals surface area contributed by atoms with Crippen LogP contribution in [0.5, 0.6) is 0 Å². The van der Waals surface area contributed by atoms with Crippen molar-refractivity contribution in [2.75, 3.05) is 19.8 Å². The average Bonchev–Trinajstić information content (AvgIpc) is 2.61. The van der Waals surface area contributed by atoms with E-state index in [1.54, 1.807) is 0 Å². The first kappa shape index (κ1) is 23.1. The second kappa shape index (κ2) is 16.9.